The van der Waals surface area contributed by atoms with Gasteiger partial charge in [0.25, 0.3) is 5.82 Å². The van der Waals surface area contributed by atoms with Crippen molar-refractivity contribution in [2.45, 2.75) is 6.92 Å². The molecule has 4 heteroatoms. The Kier molecular flexibility index (Phi) is 2.80. The van der Waals surface area contributed by atoms with E-state index in [9.17, 15) is 0 Å². The van der Waals surface area contributed by atoms with Crippen molar-refractivity contribution in [2.24, 2.45) is 14.1 Å². The van der Waals surface area contributed by atoms with Crippen LogP contribution in [0.5, 0.6) is 0 Å². The summed E-state index contributed by atoms with van der Waals surface area (Å²) in [6, 6.07) is 15.1. The van der Waals surface area contributed by atoms with Crippen LogP contribution in [0, 0.1) is 6.92 Å². The molecule has 0 amide bonds. The minimum atomic E-state index is 0.973. The predicted octanol–water partition coefficient (Wildman–Crippen LogP) is 3.78. The lowest BCUT2D eigenvalue weighted by atomic mass is 10.00. The molecule has 4 nitrogen and oxygen atoms in total. The number of para-hydroxylation sites is 2. The zero-order chi connectivity index (χ0) is 17.1. The van der Waals surface area contributed by atoms with E-state index in [1.54, 1.807) is 0 Å². The van der Waals surface area contributed by atoms with Gasteiger partial charge in [-0.1, -0.05) is 24.3 Å². The van der Waals surface area contributed by atoms with Crippen molar-refractivity contribution in [1.29, 1.82) is 0 Å². The van der Waals surface area contributed by atoms with E-state index in [0.29, 0.717) is 0 Å². The molecule has 5 rings (SSSR count). The lowest BCUT2D eigenvalue weighted by Crippen LogP contribution is -2.30. The normalized spacial score (nSPS) is 11.8. The second-order valence-corrected chi connectivity index (χ2v) is 6.66. The van der Waals surface area contributed by atoms with Gasteiger partial charge in [0.2, 0.25) is 0 Å². The van der Waals surface area contributed by atoms with Crippen LogP contribution in [-0.4, -0.2) is 14.0 Å². The van der Waals surface area contributed by atoms with Crippen LogP contribution in [0.1, 0.15) is 5.56 Å². The Bertz CT molecular complexity index is 1230. The van der Waals surface area contributed by atoms with Crippen molar-refractivity contribution >= 4 is 27.5 Å². The Morgan fingerprint density at radius 3 is 2.76 bits per heavy atom. The molecule has 0 atom stereocenters. The van der Waals surface area contributed by atoms with Gasteiger partial charge in [-0.15, -0.1) is 0 Å². The molecule has 0 N–H and O–H groups in total. The molecule has 0 saturated heterocycles. The highest BCUT2D eigenvalue weighted by molar-refractivity contribution is 5.98. The SMILES string of the molecule is Cc1ccc2cn3ccnc3cc2c1-c1n(C)c2ccccc2[n+]1C. The van der Waals surface area contributed by atoms with Gasteiger partial charge in [-0.2, -0.15) is 0 Å². The fraction of sp³-hybridized carbons (Fsp3) is 0.143. The summed E-state index contributed by atoms with van der Waals surface area (Å²) in [4.78, 5) is 4.47. The molecule has 0 spiro atoms. The minimum Gasteiger partial charge on any atom is -0.306 e. The van der Waals surface area contributed by atoms with E-state index in [1.165, 1.54) is 38.8 Å². The first kappa shape index (κ1) is 14.2. The van der Waals surface area contributed by atoms with E-state index in [0.717, 1.165) is 5.65 Å². The van der Waals surface area contributed by atoms with Crippen molar-refractivity contribution in [2.75, 3.05) is 0 Å². The maximum Gasteiger partial charge on any atom is 0.290 e. The number of pyridine rings is 1. The van der Waals surface area contributed by atoms with Crippen molar-refractivity contribution in [3.8, 4) is 11.4 Å². The first-order chi connectivity index (χ1) is 12.1. The quantitative estimate of drug-likeness (QED) is 0.430. The Labute approximate surface area is 145 Å². The highest BCUT2D eigenvalue weighted by Crippen LogP contribution is 2.32. The zero-order valence-electron chi connectivity index (χ0n) is 14.6. The number of aromatic nitrogens is 4. The Morgan fingerprint density at radius 2 is 1.92 bits per heavy atom. The monoisotopic (exact) mass is 327 g/mol. The maximum absolute atomic E-state index is 4.47. The fourth-order valence-corrected chi connectivity index (χ4v) is 3.95. The summed E-state index contributed by atoms with van der Waals surface area (Å²) in [6.45, 7) is 2.18. The van der Waals surface area contributed by atoms with Gasteiger partial charge in [0, 0.05) is 24.0 Å². The van der Waals surface area contributed by atoms with Gasteiger partial charge in [-0.3, -0.25) is 0 Å². The molecule has 0 saturated carbocycles. The zero-order valence-corrected chi connectivity index (χ0v) is 14.6. The number of imidazole rings is 2. The Morgan fingerprint density at radius 1 is 1.08 bits per heavy atom. The number of nitrogens with zero attached hydrogens (tertiary/aromatic N) is 4. The fourth-order valence-electron chi connectivity index (χ4n) is 3.95. The highest BCUT2D eigenvalue weighted by Gasteiger charge is 2.24. The number of hydrogen-bond donors (Lipinski definition) is 0. The molecule has 3 heterocycles. The number of rotatable bonds is 1. The average Bonchev–Trinajstić information content (AvgIpc) is 3.17. The van der Waals surface area contributed by atoms with Crippen LogP contribution in [-0.2, 0) is 14.1 Å². The molecule has 0 aliphatic heterocycles. The first-order valence-electron chi connectivity index (χ1n) is 8.45. The molecule has 3 aromatic heterocycles. The summed E-state index contributed by atoms with van der Waals surface area (Å²) in [5.74, 6) is 1.21. The second kappa shape index (κ2) is 4.93. The molecule has 0 aliphatic carbocycles. The largest absolute Gasteiger partial charge is 0.306 e. The van der Waals surface area contributed by atoms with Crippen LogP contribution in [0.4, 0.5) is 0 Å². The second-order valence-electron chi connectivity index (χ2n) is 6.66. The van der Waals surface area contributed by atoms with Gasteiger partial charge >= 0.3 is 0 Å². The van der Waals surface area contributed by atoms with Gasteiger partial charge in [-0.05, 0) is 36.1 Å². The highest BCUT2D eigenvalue weighted by atomic mass is 15.1. The smallest absolute Gasteiger partial charge is 0.290 e. The summed E-state index contributed by atoms with van der Waals surface area (Å²) in [5.41, 5.74) is 5.98. The molecular weight excluding hydrogens is 308 g/mol. The molecule has 0 aliphatic rings. The summed E-state index contributed by atoms with van der Waals surface area (Å²) >= 11 is 0. The van der Waals surface area contributed by atoms with Crippen LogP contribution >= 0.6 is 0 Å². The van der Waals surface area contributed by atoms with Crippen LogP contribution < -0.4 is 4.57 Å². The van der Waals surface area contributed by atoms with E-state index in [4.69, 9.17) is 0 Å². The van der Waals surface area contributed by atoms with Crippen molar-refractivity contribution in [3.05, 3.63) is 66.6 Å². The van der Waals surface area contributed by atoms with E-state index in [1.807, 2.05) is 12.4 Å². The van der Waals surface area contributed by atoms with E-state index >= 15 is 0 Å². The molecule has 122 valence electrons. The summed E-state index contributed by atoms with van der Waals surface area (Å²) in [6.07, 6.45) is 5.99. The van der Waals surface area contributed by atoms with Crippen LogP contribution in [0.2, 0.25) is 0 Å². The van der Waals surface area contributed by atoms with Gasteiger partial charge in [0.15, 0.2) is 11.0 Å². The maximum atomic E-state index is 4.47. The topological polar surface area (TPSA) is 26.1 Å². The van der Waals surface area contributed by atoms with Gasteiger partial charge in [0.1, 0.15) is 5.65 Å². The molecule has 0 bridgehead atoms. The Balaban J connectivity index is 1.97. The van der Waals surface area contributed by atoms with Crippen molar-refractivity contribution in [1.82, 2.24) is 14.0 Å². The molecule has 25 heavy (non-hydrogen) atoms. The van der Waals surface area contributed by atoms with Crippen molar-refractivity contribution in [3.63, 3.8) is 0 Å². The summed E-state index contributed by atoms with van der Waals surface area (Å²) < 4.78 is 6.64. The summed E-state index contributed by atoms with van der Waals surface area (Å²) in [5, 5.41) is 2.46. The third-order valence-electron chi connectivity index (χ3n) is 5.20. The molecule has 0 fully saturated rings. The van der Waals surface area contributed by atoms with Gasteiger partial charge in [-0.25, -0.2) is 14.1 Å². The lowest BCUT2D eigenvalue weighted by Gasteiger charge is -2.09. The predicted molar refractivity (Wildman–Crippen MR) is 101 cm³/mol. The number of hydrogen-bond acceptors (Lipinski definition) is 1. The van der Waals surface area contributed by atoms with E-state index in [-0.39, 0.29) is 0 Å². The van der Waals surface area contributed by atoms with Gasteiger partial charge < -0.3 is 4.40 Å². The van der Waals surface area contributed by atoms with E-state index in [2.05, 4.69) is 88.2 Å². The standard InChI is InChI=1S/C21H19N4/c1-14-8-9-15-13-25-11-10-22-19(25)12-16(15)20(14)21-23(2)17-6-4-5-7-18(17)24(21)3/h4-13H,1-3H3/q+1. The van der Waals surface area contributed by atoms with Crippen LogP contribution in [0.25, 0.3) is 38.8 Å². The van der Waals surface area contributed by atoms with E-state index < -0.39 is 0 Å². The van der Waals surface area contributed by atoms with Crippen LogP contribution in [0.3, 0.4) is 0 Å². The number of aryl methyl sites for hydroxylation is 3. The molecule has 2 aromatic carbocycles. The third-order valence-corrected chi connectivity index (χ3v) is 5.20. The number of fused-ring (bicyclic) bond motifs is 3. The summed E-state index contributed by atoms with van der Waals surface area (Å²) in [7, 11) is 4.29. The third kappa shape index (κ3) is 1.88. The average molecular weight is 327 g/mol. The number of benzene rings is 2. The first-order valence-corrected chi connectivity index (χ1v) is 8.45. The molecule has 0 unspecified atom stereocenters. The lowest BCUT2D eigenvalue weighted by molar-refractivity contribution is -0.634. The minimum absolute atomic E-state index is 0.973. The van der Waals surface area contributed by atoms with Crippen LogP contribution in [0.15, 0.2) is 61.1 Å². The van der Waals surface area contributed by atoms with Crippen molar-refractivity contribution < 1.29 is 4.57 Å². The molecular formula is C21H19N4+. The molecule has 5 aromatic rings. The molecule has 0 radical (unpaired) electrons. The Hall–Kier alpha value is -3.14. The van der Waals surface area contributed by atoms with Gasteiger partial charge in [0.05, 0.1) is 19.7 Å².